The monoisotopic (exact) mass is 222 g/mol. The molecule has 0 saturated carbocycles. The van der Waals surface area contributed by atoms with Crippen molar-refractivity contribution in [2.45, 2.75) is 6.92 Å². The van der Waals surface area contributed by atoms with Gasteiger partial charge in [-0.1, -0.05) is 36.4 Å². The summed E-state index contributed by atoms with van der Waals surface area (Å²) in [4.78, 5) is 0. The smallest absolute Gasteiger partial charge is 0.0699 e. The van der Waals surface area contributed by atoms with Gasteiger partial charge < -0.3 is 0 Å². The Balaban J connectivity index is 2.08. The molecule has 1 heterocycles. The summed E-state index contributed by atoms with van der Waals surface area (Å²) in [5, 5.41) is 1.26. The molecule has 1 aromatic heterocycles. The molecule has 0 radical (unpaired) electrons. The molecule has 0 saturated heterocycles. The standard InChI is InChI=1S/C15H14N2/c1-12-11-13-7-5-6-10-15(13)17(12)16-14-8-3-2-4-9-14/h2-11,16H,1H3. The lowest BCUT2D eigenvalue weighted by molar-refractivity contribution is 0.958. The molecular weight excluding hydrogens is 208 g/mol. The van der Waals surface area contributed by atoms with Crippen molar-refractivity contribution in [2.75, 3.05) is 5.43 Å². The third-order valence-electron chi connectivity index (χ3n) is 2.91. The zero-order valence-corrected chi connectivity index (χ0v) is 9.72. The van der Waals surface area contributed by atoms with Crippen LogP contribution in [-0.2, 0) is 0 Å². The fourth-order valence-corrected chi connectivity index (χ4v) is 2.08. The molecule has 0 atom stereocenters. The first-order chi connectivity index (χ1) is 8.34. The molecule has 0 amide bonds. The molecule has 17 heavy (non-hydrogen) atoms. The van der Waals surface area contributed by atoms with E-state index in [0.717, 1.165) is 5.69 Å². The molecule has 3 aromatic rings. The number of benzene rings is 2. The number of nitrogens with zero attached hydrogens (tertiary/aromatic N) is 1. The molecule has 0 aliphatic rings. The number of hydrogen-bond acceptors (Lipinski definition) is 1. The Bertz CT molecular complexity index is 638. The summed E-state index contributed by atoms with van der Waals surface area (Å²) in [6.07, 6.45) is 0. The topological polar surface area (TPSA) is 17.0 Å². The summed E-state index contributed by atoms with van der Waals surface area (Å²) in [6.45, 7) is 2.11. The van der Waals surface area contributed by atoms with Gasteiger partial charge in [0.05, 0.1) is 11.2 Å². The summed E-state index contributed by atoms with van der Waals surface area (Å²) in [7, 11) is 0. The average molecular weight is 222 g/mol. The third-order valence-corrected chi connectivity index (χ3v) is 2.91. The first-order valence-corrected chi connectivity index (χ1v) is 5.74. The largest absolute Gasteiger partial charge is 0.294 e. The normalized spacial score (nSPS) is 10.6. The fourth-order valence-electron chi connectivity index (χ4n) is 2.08. The molecule has 2 aromatic carbocycles. The lowest BCUT2D eigenvalue weighted by Gasteiger charge is -2.11. The number of anilines is 1. The predicted molar refractivity (Wildman–Crippen MR) is 72.1 cm³/mol. The van der Waals surface area contributed by atoms with Crippen LogP contribution in [0.25, 0.3) is 10.9 Å². The van der Waals surface area contributed by atoms with Crippen LogP contribution >= 0.6 is 0 Å². The Morgan fingerprint density at radius 3 is 2.41 bits per heavy atom. The van der Waals surface area contributed by atoms with Gasteiger partial charge in [0.25, 0.3) is 0 Å². The third kappa shape index (κ3) is 1.78. The Labute approximate surface area is 100 Å². The van der Waals surface area contributed by atoms with Crippen LogP contribution in [0.3, 0.4) is 0 Å². The van der Waals surface area contributed by atoms with Crippen molar-refractivity contribution in [1.82, 2.24) is 4.68 Å². The summed E-state index contributed by atoms with van der Waals surface area (Å²) in [5.74, 6) is 0. The molecule has 0 unspecified atom stereocenters. The van der Waals surface area contributed by atoms with Crippen molar-refractivity contribution in [3.05, 3.63) is 66.4 Å². The van der Waals surface area contributed by atoms with Gasteiger partial charge in [-0.25, -0.2) is 0 Å². The summed E-state index contributed by atoms with van der Waals surface area (Å²) in [6, 6.07) is 20.8. The molecule has 84 valence electrons. The first kappa shape index (κ1) is 9.97. The number of aromatic nitrogens is 1. The molecule has 3 rings (SSSR count). The van der Waals surface area contributed by atoms with Gasteiger partial charge in [-0.05, 0) is 31.2 Å². The number of rotatable bonds is 2. The second-order valence-corrected chi connectivity index (χ2v) is 4.16. The number of hydrogen-bond donors (Lipinski definition) is 1. The second-order valence-electron chi connectivity index (χ2n) is 4.16. The highest BCUT2D eigenvalue weighted by Crippen LogP contribution is 2.19. The van der Waals surface area contributed by atoms with E-state index in [1.165, 1.54) is 16.6 Å². The van der Waals surface area contributed by atoms with Crippen LogP contribution in [0, 0.1) is 6.92 Å². The minimum Gasteiger partial charge on any atom is -0.294 e. The van der Waals surface area contributed by atoms with Crippen molar-refractivity contribution in [3.63, 3.8) is 0 Å². The van der Waals surface area contributed by atoms with Gasteiger partial charge in [0.2, 0.25) is 0 Å². The van der Waals surface area contributed by atoms with Gasteiger partial charge in [0.1, 0.15) is 0 Å². The van der Waals surface area contributed by atoms with Crippen LogP contribution in [0.15, 0.2) is 60.7 Å². The van der Waals surface area contributed by atoms with Crippen molar-refractivity contribution >= 4 is 16.6 Å². The van der Waals surface area contributed by atoms with E-state index < -0.39 is 0 Å². The van der Waals surface area contributed by atoms with E-state index in [-0.39, 0.29) is 0 Å². The Morgan fingerprint density at radius 1 is 0.882 bits per heavy atom. The Kier molecular flexibility index (Phi) is 2.33. The number of para-hydroxylation sites is 2. The maximum Gasteiger partial charge on any atom is 0.0699 e. The predicted octanol–water partition coefficient (Wildman–Crippen LogP) is 3.82. The van der Waals surface area contributed by atoms with Crippen molar-refractivity contribution in [1.29, 1.82) is 0 Å². The lowest BCUT2D eigenvalue weighted by Crippen LogP contribution is -2.09. The van der Waals surface area contributed by atoms with E-state index in [0.29, 0.717) is 0 Å². The fraction of sp³-hybridized carbons (Fsp3) is 0.0667. The Morgan fingerprint density at radius 2 is 1.59 bits per heavy atom. The van der Waals surface area contributed by atoms with Crippen LogP contribution < -0.4 is 5.43 Å². The van der Waals surface area contributed by atoms with Crippen LogP contribution in [0.1, 0.15) is 5.69 Å². The van der Waals surface area contributed by atoms with Gasteiger partial charge in [-0.3, -0.25) is 10.1 Å². The first-order valence-electron chi connectivity index (χ1n) is 5.74. The molecule has 2 nitrogen and oxygen atoms in total. The van der Waals surface area contributed by atoms with Crippen molar-refractivity contribution < 1.29 is 0 Å². The highest BCUT2D eigenvalue weighted by Gasteiger charge is 2.04. The van der Waals surface area contributed by atoms with E-state index in [4.69, 9.17) is 0 Å². The van der Waals surface area contributed by atoms with Crippen LogP contribution in [0.2, 0.25) is 0 Å². The van der Waals surface area contributed by atoms with E-state index in [1.54, 1.807) is 0 Å². The minimum atomic E-state index is 1.09. The SMILES string of the molecule is Cc1cc2ccccc2n1Nc1ccccc1. The second kappa shape index (κ2) is 3.98. The van der Waals surface area contributed by atoms with Gasteiger partial charge in [-0.15, -0.1) is 0 Å². The molecule has 0 bridgehead atoms. The summed E-state index contributed by atoms with van der Waals surface area (Å²) in [5.41, 5.74) is 6.91. The number of fused-ring (bicyclic) bond motifs is 1. The average Bonchev–Trinajstić information content (AvgIpc) is 2.68. The zero-order chi connectivity index (χ0) is 11.7. The van der Waals surface area contributed by atoms with Gasteiger partial charge >= 0.3 is 0 Å². The quantitative estimate of drug-likeness (QED) is 0.697. The van der Waals surface area contributed by atoms with E-state index in [9.17, 15) is 0 Å². The highest BCUT2D eigenvalue weighted by atomic mass is 15.4. The van der Waals surface area contributed by atoms with E-state index in [1.807, 2.05) is 18.2 Å². The molecule has 0 aliphatic heterocycles. The molecule has 0 spiro atoms. The molecule has 1 N–H and O–H groups in total. The van der Waals surface area contributed by atoms with Gasteiger partial charge in [-0.2, -0.15) is 0 Å². The highest BCUT2D eigenvalue weighted by molar-refractivity contribution is 5.82. The van der Waals surface area contributed by atoms with E-state index in [2.05, 4.69) is 59.5 Å². The minimum absolute atomic E-state index is 1.09. The van der Waals surface area contributed by atoms with Crippen molar-refractivity contribution in [3.8, 4) is 0 Å². The van der Waals surface area contributed by atoms with Gasteiger partial charge in [0.15, 0.2) is 0 Å². The van der Waals surface area contributed by atoms with Crippen molar-refractivity contribution in [2.24, 2.45) is 0 Å². The number of nitrogens with one attached hydrogen (secondary N) is 1. The maximum absolute atomic E-state index is 3.41. The lowest BCUT2D eigenvalue weighted by atomic mass is 10.2. The molecular formula is C15H14N2. The molecule has 0 aliphatic carbocycles. The summed E-state index contributed by atoms with van der Waals surface area (Å²) >= 11 is 0. The molecule has 0 fully saturated rings. The number of aryl methyl sites for hydroxylation is 1. The Hall–Kier alpha value is -2.22. The summed E-state index contributed by atoms with van der Waals surface area (Å²) < 4.78 is 2.12. The van der Waals surface area contributed by atoms with Crippen LogP contribution in [0.4, 0.5) is 5.69 Å². The van der Waals surface area contributed by atoms with Gasteiger partial charge in [0, 0.05) is 11.1 Å². The van der Waals surface area contributed by atoms with E-state index >= 15 is 0 Å². The molecule has 2 heteroatoms. The van der Waals surface area contributed by atoms with Crippen LogP contribution in [-0.4, -0.2) is 4.68 Å². The maximum atomic E-state index is 3.41. The van der Waals surface area contributed by atoms with Crippen LogP contribution in [0.5, 0.6) is 0 Å². The zero-order valence-electron chi connectivity index (χ0n) is 9.72.